The Morgan fingerprint density at radius 2 is 0.397 bits per heavy atom. The molecule has 1 rings (SSSR count). The highest BCUT2D eigenvalue weighted by molar-refractivity contribution is 5.86. The molecule has 0 bridgehead atoms. The number of halogens is 38. The largest absolute Gasteiger partial charge is 0.460 e. The Balaban J connectivity index is 3.71. The Labute approximate surface area is 345 Å². The van der Waals surface area contributed by atoms with Gasteiger partial charge in [0, 0.05) is 12.1 Å². The van der Waals surface area contributed by atoms with Gasteiger partial charge in [0.2, 0.25) is 0 Å². The first-order valence-electron chi connectivity index (χ1n) is 15.8. The second-order valence-electron chi connectivity index (χ2n) is 13.6. The Bertz CT molecular complexity index is 1730. The van der Waals surface area contributed by atoms with Gasteiger partial charge in [-0.3, -0.25) is 9.59 Å². The van der Waals surface area contributed by atoms with Crippen molar-refractivity contribution in [1.29, 1.82) is 0 Å². The zero-order chi connectivity index (χ0) is 55.6. The maximum Gasteiger partial charge on any atom is 0.460 e. The molecule has 0 heterocycles. The number of carbonyl (C=O) groups is 2. The molecule has 0 aromatic carbocycles. The number of amides is 2. The molecule has 0 aliphatic heterocycles. The first-order chi connectivity index (χ1) is 29.0. The highest BCUT2D eigenvalue weighted by atomic mass is 19.4. The molecule has 0 aromatic rings. The molecule has 0 spiro atoms. The zero-order valence-corrected chi connectivity index (χ0v) is 30.2. The molecule has 1 saturated carbocycles. The normalized spacial score (nSPS) is 19.8. The molecule has 42 heteroatoms. The average Bonchev–Trinajstić information content (AvgIpc) is 3.13. The van der Waals surface area contributed by atoms with E-state index in [0.717, 1.165) is 0 Å². The van der Waals surface area contributed by atoms with E-state index in [9.17, 15) is 176 Å². The van der Waals surface area contributed by atoms with Crippen LogP contribution in [-0.2, 0) is 9.59 Å². The van der Waals surface area contributed by atoms with Gasteiger partial charge in [0.15, 0.2) is 0 Å². The molecule has 4 nitrogen and oxygen atoms in total. The summed E-state index contributed by atoms with van der Waals surface area (Å²) in [6.45, 7) is 0. The molecule has 404 valence electrons. The lowest BCUT2D eigenvalue weighted by molar-refractivity contribution is -0.467. The van der Waals surface area contributed by atoms with Gasteiger partial charge in [0.25, 0.3) is 11.8 Å². The molecule has 0 unspecified atom stereocenters. The highest BCUT2D eigenvalue weighted by Gasteiger charge is 2.99. The topological polar surface area (TPSA) is 58.2 Å². The van der Waals surface area contributed by atoms with Crippen LogP contribution in [0.15, 0.2) is 0 Å². The third-order valence-corrected chi connectivity index (χ3v) is 9.20. The highest BCUT2D eigenvalue weighted by Crippen LogP contribution is 2.67. The Hall–Kier alpha value is -3.72. The molecule has 0 radical (unpaired) electrons. The second-order valence-corrected chi connectivity index (χ2v) is 13.6. The van der Waals surface area contributed by atoms with Crippen molar-refractivity contribution >= 4 is 11.8 Å². The fourth-order valence-electron chi connectivity index (χ4n) is 5.00. The fourth-order valence-corrected chi connectivity index (χ4v) is 5.00. The molecule has 2 atom stereocenters. The van der Waals surface area contributed by atoms with Crippen molar-refractivity contribution in [3.05, 3.63) is 0 Å². The minimum Gasteiger partial charge on any atom is -0.346 e. The van der Waals surface area contributed by atoms with E-state index in [1.54, 1.807) is 0 Å². The lowest BCUT2D eigenvalue weighted by Crippen LogP contribution is -2.77. The average molecular weight is 1110 g/mol. The van der Waals surface area contributed by atoms with Crippen LogP contribution >= 0.6 is 0 Å². The number of hydrogen-bond acceptors (Lipinski definition) is 2. The summed E-state index contributed by atoms with van der Waals surface area (Å²) in [6, 6.07) is -6.64. The predicted octanol–water partition coefficient (Wildman–Crippen LogP) is 11.8. The summed E-state index contributed by atoms with van der Waals surface area (Å²) in [5.74, 6) is -155. The lowest BCUT2D eigenvalue weighted by atomic mass is 9.86. The van der Waals surface area contributed by atoms with E-state index >= 15 is 0 Å². The van der Waals surface area contributed by atoms with Crippen LogP contribution in [0.4, 0.5) is 167 Å². The van der Waals surface area contributed by atoms with Crippen LogP contribution in [0.1, 0.15) is 25.7 Å². The molecule has 1 fully saturated rings. The third-order valence-electron chi connectivity index (χ3n) is 9.20. The van der Waals surface area contributed by atoms with Gasteiger partial charge in [-0.1, -0.05) is 12.8 Å². The van der Waals surface area contributed by atoms with Gasteiger partial charge in [-0.05, 0) is 12.8 Å². The number of rotatable bonds is 18. The van der Waals surface area contributed by atoms with E-state index in [2.05, 4.69) is 0 Å². The van der Waals surface area contributed by atoms with Gasteiger partial charge in [-0.15, -0.1) is 0 Å². The van der Waals surface area contributed by atoms with E-state index in [4.69, 9.17) is 0 Å². The van der Waals surface area contributed by atoms with Crippen LogP contribution in [0.3, 0.4) is 0 Å². The SMILES string of the molecule is O=C(N[C@@H]1CCCC[C@H]1NC(=O)C(F)(F)C(F)(F)C(F)(F)C(F)(F)C(F)(F)C(F)(F)C(F)(F)C(F)(F)C(F)(F)F)C(F)(F)C(F)(F)C(F)(F)C(F)(F)C(F)(F)C(F)(F)C(F)(F)C(F)(F)C(F)(F)F. The summed E-state index contributed by atoms with van der Waals surface area (Å²) in [6.07, 6.45) is -21.7. The van der Waals surface area contributed by atoms with Crippen LogP contribution < -0.4 is 10.6 Å². The Morgan fingerprint density at radius 3 is 0.559 bits per heavy atom. The molecule has 1 aliphatic carbocycles. The van der Waals surface area contributed by atoms with Crippen LogP contribution in [-0.4, -0.2) is 131 Å². The molecule has 2 amide bonds. The van der Waals surface area contributed by atoms with Crippen molar-refractivity contribution in [2.75, 3.05) is 0 Å². The van der Waals surface area contributed by atoms with E-state index in [0.29, 0.717) is 0 Å². The van der Waals surface area contributed by atoms with Gasteiger partial charge < -0.3 is 10.6 Å². The first kappa shape index (κ1) is 62.3. The summed E-state index contributed by atoms with van der Waals surface area (Å²) < 4.78 is 516. The fraction of sp³-hybridized carbons (Fsp3) is 0.923. The van der Waals surface area contributed by atoms with E-state index in [-0.39, 0.29) is 10.6 Å². The van der Waals surface area contributed by atoms with Gasteiger partial charge >= 0.3 is 107 Å². The van der Waals surface area contributed by atoms with Crippen molar-refractivity contribution < 1.29 is 176 Å². The van der Waals surface area contributed by atoms with Crippen LogP contribution in [0, 0.1) is 0 Å². The van der Waals surface area contributed by atoms with E-state index in [1.165, 1.54) is 0 Å². The smallest absolute Gasteiger partial charge is 0.346 e. The lowest BCUT2D eigenvalue weighted by Gasteiger charge is -2.44. The van der Waals surface area contributed by atoms with E-state index < -0.39 is 157 Å². The van der Waals surface area contributed by atoms with Crippen molar-refractivity contribution in [2.24, 2.45) is 0 Å². The zero-order valence-electron chi connectivity index (χ0n) is 30.2. The minimum absolute atomic E-state index is 0.0549. The summed E-state index contributed by atoms with van der Waals surface area (Å²) in [5.41, 5.74) is 0. The van der Waals surface area contributed by atoms with Crippen LogP contribution in [0.25, 0.3) is 0 Å². The maximum atomic E-state index is 14.5. The van der Waals surface area contributed by atoms with Crippen molar-refractivity contribution in [2.45, 2.75) is 145 Å². The number of carbonyl (C=O) groups excluding carboxylic acids is 2. The first-order valence-corrected chi connectivity index (χ1v) is 15.8. The number of alkyl halides is 38. The second kappa shape index (κ2) is 16.4. The van der Waals surface area contributed by atoms with Crippen LogP contribution in [0.2, 0.25) is 0 Å². The van der Waals surface area contributed by atoms with Gasteiger partial charge in [-0.25, -0.2) is 0 Å². The maximum absolute atomic E-state index is 14.5. The van der Waals surface area contributed by atoms with Gasteiger partial charge in [-0.2, -0.15) is 167 Å². The summed E-state index contributed by atoms with van der Waals surface area (Å²) >= 11 is 0. The molecule has 0 saturated heterocycles. The van der Waals surface area contributed by atoms with Crippen LogP contribution in [0.5, 0.6) is 0 Å². The Morgan fingerprint density at radius 1 is 0.250 bits per heavy atom. The van der Waals surface area contributed by atoms with E-state index in [1.807, 2.05) is 0 Å². The summed E-state index contributed by atoms with van der Waals surface area (Å²) in [5, 5.41) is 0.110. The van der Waals surface area contributed by atoms with Gasteiger partial charge in [0.1, 0.15) is 0 Å². The number of hydrogen-bond donors (Lipinski definition) is 2. The summed E-state index contributed by atoms with van der Waals surface area (Å²) in [4.78, 5) is 23.9. The standard InChI is InChI=1S/C26H12F38N2O2/c27-9(28,11(31,32)13(35,36)15(39,40)17(43,44)19(47,48)21(51,52)23(55,56)25(59,60)61)7(67)65-5-3-1-2-4-6(5)66-8(68)10(29,30)12(33,34)14(37,38)16(41,42)18(45,46)20(49,50)22(53,54)24(57,58)26(62,63)64/h5-6H,1-4H2,(H,65,67)(H,66,68)/t5-,6-/m1/s1. The quantitative estimate of drug-likeness (QED) is 0.134. The molecule has 2 N–H and O–H groups in total. The molecular weight excluding hydrogens is 1090 g/mol. The van der Waals surface area contributed by atoms with Crippen molar-refractivity contribution in [1.82, 2.24) is 10.6 Å². The van der Waals surface area contributed by atoms with Gasteiger partial charge in [0.05, 0.1) is 0 Å². The molecule has 1 aliphatic rings. The predicted molar refractivity (Wildman–Crippen MR) is 134 cm³/mol. The molecular formula is C26H12F38N2O2. The minimum atomic E-state index is -9.52. The third kappa shape index (κ3) is 7.97. The number of nitrogens with one attached hydrogen (secondary N) is 2. The Kier molecular flexibility index (Phi) is 15.0. The monoisotopic (exact) mass is 1110 g/mol. The van der Waals surface area contributed by atoms with Crippen molar-refractivity contribution in [3.8, 4) is 0 Å². The molecule has 0 aromatic heterocycles. The summed E-state index contributed by atoms with van der Waals surface area (Å²) in [7, 11) is 0. The molecule has 68 heavy (non-hydrogen) atoms. The van der Waals surface area contributed by atoms with Crippen molar-refractivity contribution in [3.63, 3.8) is 0 Å².